The number of nitrogens with zero attached hydrogens (tertiary/aromatic N) is 1. The summed E-state index contributed by atoms with van der Waals surface area (Å²) in [5.74, 6) is 0. The Morgan fingerprint density at radius 1 is 1.17 bits per heavy atom. The third-order valence-electron chi connectivity index (χ3n) is 3.37. The number of anilines is 1. The van der Waals surface area contributed by atoms with Crippen molar-refractivity contribution in [2.75, 3.05) is 25.5 Å². The third-order valence-corrected chi connectivity index (χ3v) is 5.02. The van der Waals surface area contributed by atoms with E-state index in [1.807, 2.05) is 31.1 Å². The molecule has 23 heavy (non-hydrogen) atoms. The van der Waals surface area contributed by atoms with Gasteiger partial charge in [-0.05, 0) is 35.9 Å². The first kappa shape index (κ1) is 17.7. The molecule has 1 atom stereocenters. The first-order valence-electron chi connectivity index (χ1n) is 7.00. The molecule has 0 heterocycles. The lowest BCUT2D eigenvalue weighted by Gasteiger charge is -2.16. The number of halogens is 1. The summed E-state index contributed by atoms with van der Waals surface area (Å²) in [6, 6.07) is 13.2. The molecule has 2 N–H and O–H groups in total. The lowest BCUT2D eigenvalue weighted by molar-refractivity contribution is 0.182. The van der Waals surface area contributed by atoms with E-state index >= 15 is 0 Å². The molecule has 0 bridgehead atoms. The summed E-state index contributed by atoms with van der Waals surface area (Å²) in [6.45, 7) is -0.115. The maximum Gasteiger partial charge on any atom is 0.240 e. The fraction of sp³-hybridized carbons (Fsp3) is 0.250. The molecule has 0 aliphatic heterocycles. The van der Waals surface area contributed by atoms with Crippen LogP contribution in [0.4, 0.5) is 5.69 Å². The van der Waals surface area contributed by atoms with Crippen LogP contribution in [0, 0.1) is 0 Å². The van der Waals surface area contributed by atoms with Crippen LogP contribution in [0.2, 0.25) is 5.02 Å². The van der Waals surface area contributed by atoms with Crippen LogP contribution in [0.1, 0.15) is 11.7 Å². The standard InChI is InChI=1S/C16H19ClN2O3S/c1-19(2)14-8-6-12(7-9-14)16(20)11-18-23(21,22)15-5-3-4-13(17)10-15/h3-10,16,18,20H,11H2,1-2H3. The fourth-order valence-corrected chi connectivity index (χ4v) is 3.36. The van der Waals surface area contributed by atoms with Gasteiger partial charge in [0.1, 0.15) is 0 Å². The second kappa shape index (κ2) is 7.31. The third kappa shape index (κ3) is 4.68. The van der Waals surface area contributed by atoms with E-state index in [9.17, 15) is 13.5 Å². The van der Waals surface area contributed by atoms with Gasteiger partial charge in [-0.25, -0.2) is 13.1 Å². The van der Waals surface area contributed by atoms with Gasteiger partial charge in [0.05, 0.1) is 11.0 Å². The molecule has 5 nitrogen and oxygen atoms in total. The molecular formula is C16H19ClN2O3S. The average molecular weight is 355 g/mol. The summed E-state index contributed by atoms with van der Waals surface area (Å²) in [5, 5.41) is 10.5. The number of nitrogens with one attached hydrogen (secondary N) is 1. The molecule has 2 rings (SSSR count). The van der Waals surface area contributed by atoms with E-state index in [1.165, 1.54) is 12.1 Å². The number of sulfonamides is 1. The first-order valence-corrected chi connectivity index (χ1v) is 8.86. The highest BCUT2D eigenvalue weighted by atomic mass is 35.5. The van der Waals surface area contributed by atoms with Gasteiger partial charge in [0.15, 0.2) is 0 Å². The Morgan fingerprint density at radius 3 is 2.39 bits per heavy atom. The minimum atomic E-state index is -3.71. The quantitative estimate of drug-likeness (QED) is 0.835. The number of rotatable bonds is 6. The number of aliphatic hydroxyl groups excluding tert-OH is 1. The van der Waals surface area contributed by atoms with Gasteiger partial charge in [0.2, 0.25) is 10.0 Å². The second-order valence-corrected chi connectivity index (χ2v) is 7.51. The highest BCUT2D eigenvalue weighted by Crippen LogP contribution is 2.19. The average Bonchev–Trinajstić information content (AvgIpc) is 2.53. The van der Waals surface area contributed by atoms with Crippen molar-refractivity contribution in [2.45, 2.75) is 11.0 Å². The summed E-state index contributed by atoms with van der Waals surface area (Å²) in [4.78, 5) is 2.01. The first-order chi connectivity index (χ1) is 10.8. The molecule has 0 saturated carbocycles. The molecule has 0 fully saturated rings. The minimum Gasteiger partial charge on any atom is -0.387 e. The molecule has 0 aromatic heterocycles. The van der Waals surface area contributed by atoms with Gasteiger partial charge in [-0.3, -0.25) is 0 Å². The summed E-state index contributed by atoms with van der Waals surface area (Å²) >= 11 is 5.80. The van der Waals surface area contributed by atoms with E-state index in [1.54, 1.807) is 24.3 Å². The zero-order valence-electron chi connectivity index (χ0n) is 12.9. The monoisotopic (exact) mass is 354 g/mol. The van der Waals surface area contributed by atoms with Crippen molar-refractivity contribution in [3.8, 4) is 0 Å². The van der Waals surface area contributed by atoms with Gasteiger partial charge in [0.25, 0.3) is 0 Å². The Bertz CT molecular complexity index is 761. The van der Waals surface area contributed by atoms with Crippen molar-refractivity contribution in [3.05, 3.63) is 59.1 Å². The predicted octanol–water partition coefficient (Wildman–Crippen LogP) is 2.42. The topological polar surface area (TPSA) is 69.6 Å². The number of hydrogen-bond acceptors (Lipinski definition) is 4. The molecule has 0 radical (unpaired) electrons. The fourth-order valence-electron chi connectivity index (χ4n) is 2.02. The van der Waals surface area contributed by atoms with Crippen LogP contribution in [-0.4, -0.2) is 34.2 Å². The summed E-state index contributed by atoms with van der Waals surface area (Å²) in [6.07, 6.45) is -0.930. The molecule has 0 aliphatic rings. The van der Waals surface area contributed by atoms with Gasteiger partial charge in [-0.1, -0.05) is 29.8 Å². The molecular weight excluding hydrogens is 336 g/mol. The van der Waals surface area contributed by atoms with Crippen molar-refractivity contribution in [1.29, 1.82) is 0 Å². The van der Waals surface area contributed by atoms with Gasteiger partial charge in [0, 0.05) is 31.4 Å². The summed E-state index contributed by atoms with van der Waals surface area (Å²) in [5.41, 5.74) is 1.64. The number of aliphatic hydroxyl groups is 1. The van der Waals surface area contributed by atoms with E-state index in [-0.39, 0.29) is 11.4 Å². The van der Waals surface area contributed by atoms with E-state index in [2.05, 4.69) is 4.72 Å². The van der Waals surface area contributed by atoms with Crippen LogP contribution in [0.15, 0.2) is 53.4 Å². The maximum atomic E-state index is 12.2. The lowest BCUT2D eigenvalue weighted by atomic mass is 10.1. The Balaban J connectivity index is 2.04. The van der Waals surface area contributed by atoms with Crippen molar-refractivity contribution in [3.63, 3.8) is 0 Å². The van der Waals surface area contributed by atoms with E-state index in [4.69, 9.17) is 11.6 Å². The van der Waals surface area contributed by atoms with Crippen molar-refractivity contribution in [1.82, 2.24) is 4.72 Å². The van der Waals surface area contributed by atoms with Gasteiger partial charge in [-0.15, -0.1) is 0 Å². The summed E-state index contributed by atoms with van der Waals surface area (Å²) < 4.78 is 26.7. The number of benzene rings is 2. The van der Waals surface area contributed by atoms with Gasteiger partial charge < -0.3 is 10.0 Å². The molecule has 2 aromatic rings. The van der Waals surface area contributed by atoms with Crippen molar-refractivity contribution < 1.29 is 13.5 Å². The lowest BCUT2D eigenvalue weighted by Crippen LogP contribution is -2.28. The van der Waals surface area contributed by atoms with E-state index in [0.29, 0.717) is 10.6 Å². The SMILES string of the molecule is CN(C)c1ccc(C(O)CNS(=O)(=O)c2cccc(Cl)c2)cc1. The minimum absolute atomic E-state index is 0.0696. The Hall–Kier alpha value is -1.60. The molecule has 2 aromatic carbocycles. The molecule has 0 spiro atoms. The van der Waals surface area contributed by atoms with Crippen LogP contribution in [0.5, 0.6) is 0 Å². The predicted molar refractivity (Wildman–Crippen MR) is 92.4 cm³/mol. The number of hydrogen-bond donors (Lipinski definition) is 2. The maximum absolute atomic E-state index is 12.2. The second-order valence-electron chi connectivity index (χ2n) is 5.31. The van der Waals surface area contributed by atoms with E-state index in [0.717, 1.165) is 5.69 Å². The highest BCUT2D eigenvalue weighted by Gasteiger charge is 2.17. The van der Waals surface area contributed by atoms with Crippen LogP contribution in [0.25, 0.3) is 0 Å². The highest BCUT2D eigenvalue weighted by molar-refractivity contribution is 7.89. The molecule has 1 unspecified atom stereocenters. The Morgan fingerprint density at radius 2 is 1.83 bits per heavy atom. The Kier molecular flexibility index (Phi) is 5.64. The Labute approximate surface area is 141 Å². The van der Waals surface area contributed by atoms with Crippen LogP contribution >= 0.6 is 11.6 Å². The molecule has 0 aliphatic carbocycles. The molecule has 0 amide bonds. The van der Waals surface area contributed by atoms with Crippen LogP contribution in [0.3, 0.4) is 0 Å². The van der Waals surface area contributed by atoms with Crippen molar-refractivity contribution >= 4 is 27.3 Å². The molecule has 7 heteroatoms. The zero-order valence-corrected chi connectivity index (χ0v) is 14.5. The smallest absolute Gasteiger partial charge is 0.240 e. The van der Waals surface area contributed by atoms with Crippen LogP contribution < -0.4 is 9.62 Å². The van der Waals surface area contributed by atoms with Crippen LogP contribution in [-0.2, 0) is 10.0 Å². The largest absolute Gasteiger partial charge is 0.387 e. The van der Waals surface area contributed by atoms with Crippen molar-refractivity contribution in [2.24, 2.45) is 0 Å². The van der Waals surface area contributed by atoms with Gasteiger partial charge >= 0.3 is 0 Å². The molecule has 124 valence electrons. The zero-order chi connectivity index (χ0) is 17.0. The summed E-state index contributed by atoms with van der Waals surface area (Å²) in [7, 11) is 0.132. The van der Waals surface area contributed by atoms with E-state index < -0.39 is 16.1 Å². The normalized spacial score (nSPS) is 12.9. The molecule has 0 saturated heterocycles. The van der Waals surface area contributed by atoms with Gasteiger partial charge in [-0.2, -0.15) is 0 Å².